The molecule has 0 aliphatic carbocycles. The summed E-state index contributed by atoms with van der Waals surface area (Å²) in [5, 5.41) is 0. The number of carbonyl (C=O) groups excluding carboxylic acids is 2. The minimum absolute atomic E-state index is 0.101. The summed E-state index contributed by atoms with van der Waals surface area (Å²) in [7, 11) is 0. The first-order valence-electron chi connectivity index (χ1n) is 8.67. The first kappa shape index (κ1) is 20.0. The molecular formula is C19H29NO4. The van der Waals surface area contributed by atoms with Gasteiger partial charge < -0.3 is 15.2 Å². The summed E-state index contributed by atoms with van der Waals surface area (Å²) in [5.74, 6) is -0.120. The van der Waals surface area contributed by atoms with Crippen LogP contribution in [-0.2, 0) is 20.7 Å². The SMILES string of the molecule is CCCCCCCC(Cc1ccc(OCOC(C)=O)cc1)C(N)=O. The minimum atomic E-state index is -0.380. The van der Waals surface area contributed by atoms with Crippen LogP contribution in [0.3, 0.4) is 0 Å². The second-order valence-electron chi connectivity index (χ2n) is 6.05. The van der Waals surface area contributed by atoms with Crippen molar-refractivity contribution in [1.82, 2.24) is 0 Å². The Bertz CT molecular complexity index is 499. The number of benzene rings is 1. The Morgan fingerprint density at radius 1 is 1.08 bits per heavy atom. The summed E-state index contributed by atoms with van der Waals surface area (Å²) in [5.41, 5.74) is 6.59. The zero-order valence-electron chi connectivity index (χ0n) is 14.8. The van der Waals surface area contributed by atoms with Gasteiger partial charge in [0, 0.05) is 12.8 Å². The van der Waals surface area contributed by atoms with E-state index in [1.54, 1.807) is 12.1 Å². The number of hydrogen-bond donors (Lipinski definition) is 1. The van der Waals surface area contributed by atoms with Crippen molar-refractivity contribution < 1.29 is 19.1 Å². The van der Waals surface area contributed by atoms with Crippen molar-refractivity contribution in [2.24, 2.45) is 11.7 Å². The Balaban J connectivity index is 2.43. The maximum atomic E-state index is 11.6. The summed E-state index contributed by atoms with van der Waals surface area (Å²) in [6.07, 6.45) is 7.35. The fourth-order valence-electron chi connectivity index (χ4n) is 2.53. The van der Waals surface area contributed by atoms with Gasteiger partial charge in [-0.25, -0.2) is 0 Å². The lowest BCUT2D eigenvalue weighted by Crippen LogP contribution is -2.25. The van der Waals surface area contributed by atoms with Gasteiger partial charge in [-0.2, -0.15) is 0 Å². The van der Waals surface area contributed by atoms with Gasteiger partial charge in [-0.05, 0) is 30.5 Å². The number of unbranched alkanes of at least 4 members (excludes halogenated alkanes) is 4. The molecule has 2 N–H and O–H groups in total. The van der Waals surface area contributed by atoms with Crippen LogP contribution >= 0.6 is 0 Å². The second kappa shape index (κ2) is 11.5. The monoisotopic (exact) mass is 335 g/mol. The van der Waals surface area contributed by atoms with E-state index in [1.807, 2.05) is 12.1 Å². The molecule has 1 atom stereocenters. The molecule has 0 aliphatic heterocycles. The third-order valence-electron chi connectivity index (χ3n) is 3.95. The highest BCUT2D eigenvalue weighted by molar-refractivity contribution is 5.76. The molecule has 0 aromatic heterocycles. The van der Waals surface area contributed by atoms with Gasteiger partial charge in [0.1, 0.15) is 5.75 Å². The van der Waals surface area contributed by atoms with Gasteiger partial charge in [0.05, 0.1) is 0 Å². The highest BCUT2D eigenvalue weighted by atomic mass is 16.7. The lowest BCUT2D eigenvalue weighted by Gasteiger charge is -2.14. The van der Waals surface area contributed by atoms with Crippen molar-refractivity contribution in [1.29, 1.82) is 0 Å². The van der Waals surface area contributed by atoms with E-state index in [0.717, 1.165) is 24.8 Å². The van der Waals surface area contributed by atoms with Crippen molar-refractivity contribution in [3.63, 3.8) is 0 Å². The van der Waals surface area contributed by atoms with Crippen LogP contribution in [-0.4, -0.2) is 18.7 Å². The van der Waals surface area contributed by atoms with Gasteiger partial charge in [-0.3, -0.25) is 9.59 Å². The molecule has 0 radical (unpaired) electrons. The largest absolute Gasteiger partial charge is 0.457 e. The topological polar surface area (TPSA) is 78.6 Å². The fourth-order valence-corrected chi connectivity index (χ4v) is 2.53. The first-order valence-corrected chi connectivity index (χ1v) is 8.67. The van der Waals surface area contributed by atoms with Gasteiger partial charge in [-0.15, -0.1) is 0 Å². The Kier molecular flexibility index (Phi) is 9.58. The zero-order chi connectivity index (χ0) is 17.8. The Morgan fingerprint density at radius 2 is 1.75 bits per heavy atom. The fraction of sp³-hybridized carbons (Fsp3) is 0.579. The molecule has 134 valence electrons. The van der Waals surface area contributed by atoms with E-state index < -0.39 is 0 Å². The molecule has 0 heterocycles. The van der Waals surface area contributed by atoms with E-state index in [1.165, 1.54) is 26.2 Å². The van der Waals surface area contributed by atoms with Crippen LogP contribution < -0.4 is 10.5 Å². The molecule has 0 fully saturated rings. The molecule has 0 spiro atoms. The molecule has 5 heteroatoms. The minimum Gasteiger partial charge on any atom is -0.457 e. The number of nitrogens with two attached hydrogens (primary N) is 1. The Morgan fingerprint density at radius 3 is 2.33 bits per heavy atom. The number of amides is 1. The van der Waals surface area contributed by atoms with E-state index >= 15 is 0 Å². The predicted octanol–water partition coefficient (Wildman–Crippen LogP) is 3.59. The summed E-state index contributed by atoms with van der Waals surface area (Å²) in [6.45, 7) is 3.42. The lowest BCUT2D eigenvalue weighted by atomic mass is 9.93. The highest BCUT2D eigenvalue weighted by Gasteiger charge is 2.15. The van der Waals surface area contributed by atoms with Crippen molar-refractivity contribution in [3.8, 4) is 5.75 Å². The molecule has 0 bridgehead atoms. The first-order chi connectivity index (χ1) is 11.5. The van der Waals surface area contributed by atoms with Crippen molar-refractivity contribution in [2.45, 2.75) is 58.8 Å². The average Bonchev–Trinajstić information content (AvgIpc) is 2.54. The van der Waals surface area contributed by atoms with Gasteiger partial charge in [-0.1, -0.05) is 51.2 Å². The molecule has 0 saturated heterocycles. The molecule has 1 amide bonds. The second-order valence-corrected chi connectivity index (χ2v) is 6.05. The standard InChI is InChI=1S/C19H29NO4/c1-3-4-5-6-7-8-17(19(20)22)13-16-9-11-18(12-10-16)24-14-23-15(2)21/h9-12,17H,3-8,13-14H2,1-2H3,(H2,20,22). The van der Waals surface area contributed by atoms with E-state index in [-0.39, 0.29) is 24.6 Å². The third kappa shape index (κ3) is 8.56. The molecule has 0 aliphatic rings. The van der Waals surface area contributed by atoms with Crippen LogP contribution in [0.25, 0.3) is 0 Å². The number of carbonyl (C=O) groups is 2. The molecule has 0 saturated carbocycles. The van der Waals surface area contributed by atoms with Crippen LogP contribution in [0.4, 0.5) is 0 Å². The van der Waals surface area contributed by atoms with Gasteiger partial charge in [0.2, 0.25) is 12.7 Å². The van der Waals surface area contributed by atoms with Crippen LogP contribution in [0.2, 0.25) is 0 Å². The summed E-state index contributed by atoms with van der Waals surface area (Å²) >= 11 is 0. The quantitative estimate of drug-likeness (QED) is 0.360. The highest BCUT2D eigenvalue weighted by Crippen LogP contribution is 2.19. The number of ether oxygens (including phenoxy) is 2. The van der Waals surface area contributed by atoms with Crippen LogP contribution in [0.5, 0.6) is 5.75 Å². The van der Waals surface area contributed by atoms with Gasteiger partial charge in [0.15, 0.2) is 0 Å². The number of esters is 1. The van der Waals surface area contributed by atoms with Crippen LogP contribution in [0.1, 0.15) is 57.9 Å². The molecule has 1 aromatic carbocycles. The molecule has 5 nitrogen and oxygen atoms in total. The molecule has 1 aromatic rings. The van der Waals surface area contributed by atoms with Gasteiger partial charge >= 0.3 is 5.97 Å². The molecule has 1 unspecified atom stereocenters. The third-order valence-corrected chi connectivity index (χ3v) is 3.95. The lowest BCUT2D eigenvalue weighted by molar-refractivity contribution is -0.147. The molecule has 24 heavy (non-hydrogen) atoms. The molecular weight excluding hydrogens is 306 g/mol. The van der Waals surface area contributed by atoms with E-state index in [9.17, 15) is 9.59 Å². The normalized spacial score (nSPS) is 11.8. The smallest absolute Gasteiger partial charge is 0.305 e. The number of primary amides is 1. The zero-order valence-corrected chi connectivity index (χ0v) is 14.8. The van der Waals surface area contributed by atoms with Crippen LogP contribution in [0, 0.1) is 5.92 Å². The van der Waals surface area contributed by atoms with Gasteiger partial charge in [0.25, 0.3) is 0 Å². The summed E-state index contributed by atoms with van der Waals surface area (Å²) in [4.78, 5) is 22.3. The Hall–Kier alpha value is -2.04. The number of rotatable bonds is 12. The maximum Gasteiger partial charge on any atom is 0.305 e. The van der Waals surface area contributed by atoms with Crippen LogP contribution in [0.15, 0.2) is 24.3 Å². The predicted molar refractivity (Wildman–Crippen MR) is 93.5 cm³/mol. The maximum absolute atomic E-state index is 11.6. The molecule has 1 rings (SSSR count). The average molecular weight is 335 g/mol. The van der Waals surface area contributed by atoms with E-state index in [0.29, 0.717) is 12.2 Å². The summed E-state index contributed by atoms with van der Waals surface area (Å²) < 4.78 is 10.0. The Labute approximate surface area is 144 Å². The summed E-state index contributed by atoms with van der Waals surface area (Å²) in [6, 6.07) is 7.43. The van der Waals surface area contributed by atoms with Crippen molar-refractivity contribution in [2.75, 3.05) is 6.79 Å². The van der Waals surface area contributed by atoms with E-state index in [2.05, 4.69) is 6.92 Å². The van der Waals surface area contributed by atoms with Crippen molar-refractivity contribution >= 4 is 11.9 Å². The van der Waals surface area contributed by atoms with Crippen molar-refractivity contribution in [3.05, 3.63) is 29.8 Å². The van der Waals surface area contributed by atoms with E-state index in [4.69, 9.17) is 15.2 Å². The number of hydrogen-bond acceptors (Lipinski definition) is 4.